The van der Waals surface area contributed by atoms with Gasteiger partial charge in [-0.15, -0.1) is 0 Å². The summed E-state index contributed by atoms with van der Waals surface area (Å²) >= 11 is 0. The molecule has 4 nitrogen and oxygen atoms in total. The molecule has 2 fully saturated rings. The molecular weight excluding hydrogens is 353 g/mol. The number of nitrogens with one attached hydrogen (secondary N) is 1. The first-order valence-electron chi connectivity index (χ1n) is 9.91. The highest BCUT2D eigenvalue weighted by Crippen LogP contribution is 2.42. The van der Waals surface area contributed by atoms with E-state index < -0.39 is 0 Å². The van der Waals surface area contributed by atoms with E-state index in [1.807, 2.05) is 25.1 Å². The zero-order chi connectivity index (χ0) is 19.3. The van der Waals surface area contributed by atoms with E-state index in [2.05, 4.69) is 33.0 Å². The second kappa shape index (κ2) is 6.45. The quantitative estimate of drug-likeness (QED) is 0.756. The topological polar surface area (TPSA) is 39.3 Å². The summed E-state index contributed by atoms with van der Waals surface area (Å²) in [6, 6.07) is 15.1. The SMILES string of the molecule is CCc1cc2ccc(CN3CC4(C3)CN(c3ccc(F)cc3)C4)cc2[nH]c1=O. The van der Waals surface area contributed by atoms with Crippen molar-refractivity contribution in [1.82, 2.24) is 9.88 Å². The lowest BCUT2D eigenvalue weighted by molar-refractivity contribution is -0.0273. The van der Waals surface area contributed by atoms with Gasteiger partial charge in [0.1, 0.15) is 5.82 Å². The summed E-state index contributed by atoms with van der Waals surface area (Å²) < 4.78 is 13.1. The van der Waals surface area contributed by atoms with Gasteiger partial charge in [0.05, 0.1) is 0 Å². The smallest absolute Gasteiger partial charge is 0.251 e. The Balaban J connectivity index is 1.21. The number of hydrogen-bond donors (Lipinski definition) is 1. The number of rotatable bonds is 4. The van der Waals surface area contributed by atoms with Crippen molar-refractivity contribution in [2.75, 3.05) is 31.1 Å². The average molecular weight is 377 g/mol. The standard InChI is InChI=1S/C23H24FN3O/c1-2-17-10-18-4-3-16(9-21(18)25-22(17)28)11-26-12-23(13-26)14-27(15-23)20-7-5-19(24)6-8-20/h3-10H,2,11-15H2,1H3,(H,25,28). The molecule has 0 saturated carbocycles. The molecule has 2 saturated heterocycles. The Labute approximate surface area is 163 Å². The highest BCUT2D eigenvalue weighted by molar-refractivity contribution is 5.79. The molecule has 5 heteroatoms. The Morgan fingerprint density at radius 2 is 1.79 bits per heavy atom. The number of halogens is 1. The molecule has 0 bridgehead atoms. The van der Waals surface area contributed by atoms with Gasteiger partial charge in [-0.1, -0.05) is 19.1 Å². The molecule has 3 heterocycles. The minimum absolute atomic E-state index is 0.0189. The van der Waals surface area contributed by atoms with E-state index in [0.717, 1.165) is 61.3 Å². The van der Waals surface area contributed by atoms with Gasteiger partial charge in [-0.3, -0.25) is 9.69 Å². The van der Waals surface area contributed by atoms with Gasteiger partial charge in [0, 0.05) is 54.9 Å². The molecule has 0 aliphatic carbocycles. The number of aryl methyl sites for hydroxylation is 1. The second-order valence-corrected chi connectivity index (χ2v) is 8.38. The molecule has 2 aliphatic heterocycles. The number of nitrogens with zero attached hydrogens (tertiary/aromatic N) is 2. The van der Waals surface area contributed by atoms with E-state index in [0.29, 0.717) is 5.41 Å². The van der Waals surface area contributed by atoms with Crippen molar-refractivity contribution in [1.29, 1.82) is 0 Å². The van der Waals surface area contributed by atoms with Gasteiger partial charge in [0.15, 0.2) is 0 Å². The van der Waals surface area contributed by atoms with Gasteiger partial charge >= 0.3 is 0 Å². The number of aromatic nitrogens is 1. The third-order valence-electron chi connectivity index (χ3n) is 6.14. The lowest BCUT2D eigenvalue weighted by Gasteiger charge is -2.61. The number of benzene rings is 2. The van der Waals surface area contributed by atoms with Crippen LogP contribution in [0.3, 0.4) is 0 Å². The minimum Gasteiger partial charge on any atom is -0.370 e. The van der Waals surface area contributed by atoms with Crippen LogP contribution in [0.5, 0.6) is 0 Å². The molecule has 28 heavy (non-hydrogen) atoms. The molecule has 2 aliphatic rings. The van der Waals surface area contributed by atoms with Gasteiger partial charge in [0.2, 0.25) is 0 Å². The monoisotopic (exact) mass is 377 g/mol. The van der Waals surface area contributed by atoms with E-state index >= 15 is 0 Å². The molecule has 0 amide bonds. The average Bonchev–Trinajstić information content (AvgIpc) is 2.63. The summed E-state index contributed by atoms with van der Waals surface area (Å²) in [5.41, 5.74) is 4.50. The Morgan fingerprint density at radius 3 is 2.50 bits per heavy atom. The molecule has 3 aromatic rings. The summed E-state index contributed by atoms with van der Waals surface area (Å²) in [6.45, 7) is 7.18. The fourth-order valence-corrected chi connectivity index (χ4v) is 4.72. The predicted octanol–water partition coefficient (Wildman–Crippen LogP) is 3.55. The normalized spacial score (nSPS) is 18.3. The second-order valence-electron chi connectivity index (χ2n) is 8.38. The van der Waals surface area contributed by atoms with Gasteiger partial charge in [-0.2, -0.15) is 0 Å². The van der Waals surface area contributed by atoms with E-state index in [9.17, 15) is 9.18 Å². The Kier molecular flexibility index (Phi) is 4.02. The lowest BCUT2D eigenvalue weighted by Crippen LogP contribution is -2.71. The molecule has 2 aromatic carbocycles. The summed E-state index contributed by atoms with van der Waals surface area (Å²) in [4.78, 5) is 19.9. The largest absolute Gasteiger partial charge is 0.370 e. The van der Waals surface area contributed by atoms with Crippen molar-refractivity contribution in [3.63, 3.8) is 0 Å². The van der Waals surface area contributed by atoms with Gasteiger partial charge in [-0.25, -0.2) is 4.39 Å². The maximum atomic E-state index is 13.1. The predicted molar refractivity (Wildman–Crippen MR) is 110 cm³/mol. The Hall–Kier alpha value is -2.66. The molecule has 1 aromatic heterocycles. The molecule has 0 unspecified atom stereocenters. The molecular formula is C23H24FN3O. The summed E-state index contributed by atoms with van der Waals surface area (Å²) in [7, 11) is 0. The number of likely N-dealkylation sites (tertiary alicyclic amines) is 1. The van der Waals surface area contributed by atoms with Crippen LogP contribution in [0.1, 0.15) is 18.1 Å². The number of H-pyrrole nitrogens is 1. The summed E-state index contributed by atoms with van der Waals surface area (Å²) in [6.07, 6.45) is 0.748. The maximum Gasteiger partial charge on any atom is 0.251 e. The van der Waals surface area contributed by atoms with Crippen LogP contribution in [0, 0.1) is 11.2 Å². The molecule has 1 spiro atoms. The van der Waals surface area contributed by atoms with Gasteiger partial charge in [-0.05, 0) is 53.8 Å². The highest BCUT2D eigenvalue weighted by Gasteiger charge is 2.51. The molecule has 0 atom stereocenters. The van der Waals surface area contributed by atoms with Crippen LogP contribution >= 0.6 is 0 Å². The van der Waals surface area contributed by atoms with Crippen molar-refractivity contribution in [2.24, 2.45) is 5.41 Å². The van der Waals surface area contributed by atoms with E-state index in [4.69, 9.17) is 0 Å². The number of hydrogen-bond acceptors (Lipinski definition) is 3. The minimum atomic E-state index is -0.184. The number of pyridine rings is 1. The van der Waals surface area contributed by atoms with Crippen LogP contribution in [0.25, 0.3) is 10.9 Å². The number of anilines is 1. The first-order valence-corrected chi connectivity index (χ1v) is 9.91. The maximum absolute atomic E-state index is 13.1. The fraction of sp³-hybridized carbons (Fsp3) is 0.348. The van der Waals surface area contributed by atoms with Crippen molar-refractivity contribution >= 4 is 16.6 Å². The highest BCUT2D eigenvalue weighted by atomic mass is 19.1. The van der Waals surface area contributed by atoms with Crippen LogP contribution in [0.2, 0.25) is 0 Å². The molecule has 5 rings (SSSR count). The van der Waals surface area contributed by atoms with Crippen molar-refractivity contribution in [3.05, 3.63) is 75.8 Å². The van der Waals surface area contributed by atoms with Crippen molar-refractivity contribution < 1.29 is 4.39 Å². The van der Waals surface area contributed by atoms with Gasteiger partial charge in [0.25, 0.3) is 5.56 Å². The Morgan fingerprint density at radius 1 is 1.04 bits per heavy atom. The Bertz CT molecular complexity index is 1080. The van der Waals surface area contributed by atoms with Crippen LogP contribution in [0.4, 0.5) is 10.1 Å². The van der Waals surface area contributed by atoms with E-state index in [1.54, 1.807) is 0 Å². The lowest BCUT2D eigenvalue weighted by atomic mass is 9.72. The van der Waals surface area contributed by atoms with E-state index in [-0.39, 0.29) is 11.4 Å². The first-order chi connectivity index (χ1) is 13.5. The third kappa shape index (κ3) is 3.00. The number of aromatic amines is 1. The first kappa shape index (κ1) is 17.4. The van der Waals surface area contributed by atoms with Crippen LogP contribution in [-0.2, 0) is 13.0 Å². The third-order valence-corrected chi connectivity index (χ3v) is 6.14. The molecule has 0 radical (unpaired) electrons. The van der Waals surface area contributed by atoms with Crippen LogP contribution < -0.4 is 10.5 Å². The van der Waals surface area contributed by atoms with Crippen LogP contribution in [0.15, 0.2) is 53.3 Å². The zero-order valence-electron chi connectivity index (χ0n) is 16.0. The zero-order valence-corrected chi connectivity index (χ0v) is 16.0. The van der Waals surface area contributed by atoms with Crippen molar-refractivity contribution in [2.45, 2.75) is 19.9 Å². The van der Waals surface area contributed by atoms with Crippen LogP contribution in [-0.4, -0.2) is 36.1 Å². The summed E-state index contributed by atoms with van der Waals surface area (Å²) in [5.74, 6) is -0.184. The number of fused-ring (bicyclic) bond motifs is 1. The van der Waals surface area contributed by atoms with Gasteiger partial charge < -0.3 is 9.88 Å². The van der Waals surface area contributed by atoms with E-state index in [1.165, 1.54) is 17.7 Å². The molecule has 144 valence electrons. The molecule has 1 N–H and O–H groups in total. The summed E-state index contributed by atoms with van der Waals surface area (Å²) in [5, 5.41) is 1.09. The van der Waals surface area contributed by atoms with Crippen molar-refractivity contribution in [3.8, 4) is 0 Å². The fourth-order valence-electron chi connectivity index (χ4n) is 4.72.